The Kier molecular flexibility index (Phi) is 6.44. The van der Waals surface area contributed by atoms with Crippen molar-refractivity contribution in [3.05, 3.63) is 72.3 Å². The van der Waals surface area contributed by atoms with E-state index in [2.05, 4.69) is 15.6 Å². The molecule has 0 aliphatic rings. The van der Waals surface area contributed by atoms with E-state index < -0.39 is 0 Å². The van der Waals surface area contributed by atoms with Crippen LogP contribution < -0.4 is 10.6 Å². The fourth-order valence-corrected chi connectivity index (χ4v) is 3.32. The zero-order valence-electron chi connectivity index (χ0n) is 15.2. The number of aromatic nitrogens is 2. The summed E-state index contributed by atoms with van der Waals surface area (Å²) < 4.78 is 15.2. The first-order chi connectivity index (χ1) is 13.6. The minimum atomic E-state index is -0.341. The Balaban J connectivity index is 1.62. The minimum Gasteiger partial charge on any atom is -0.352 e. The number of hydrogen-bond acceptors (Lipinski definition) is 4. The Morgan fingerprint density at radius 1 is 1.18 bits per heavy atom. The van der Waals surface area contributed by atoms with E-state index in [-0.39, 0.29) is 23.4 Å². The van der Waals surface area contributed by atoms with Crippen LogP contribution in [0.1, 0.15) is 17.3 Å². The molecule has 2 amide bonds. The van der Waals surface area contributed by atoms with Crippen LogP contribution in [-0.4, -0.2) is 33.7 Å². The van der Waals surface area contributed by atoms with E-state index >= 15 is 0 Å². The summed E-state index contributed by atoms with van der Waals surface area (Å²) in [6.45, 7) is 2.37. The van der Waals surface area contributed by atoms with E-state index in [1.807, 2.05) is 6.92 Å². The summed E-state index contributed by atoms with van der Waals surface area (Å²) in [6.07, 6.45) is 3.31. The molecule has 1 aromatic heterocycles. The van der Waals surface area contributed by atoms with Crippen LogP contribution in [0.2, 0.25) is 0 Å². The average molecular weight is 398 g/mol. The molecule has 3 rings (SSSR count). The van der Waals surface area contributed by atoms with Crippen LogP contribution in [0.5, 0.6) is 0 Å². The predicted molar refractivity (Wildman–Crippen MR) is 107 cm³/mol. The maximum absolute atomic E-state index is 13.5. The molecule has 3 aromatic rings. The minimum absolute atomic E-state index is 0.123. The highest BCUT2D eigenvalue weighted by Gasteiger charge is 2.11. The second kappa shape index (κ2) is 9.18. The molecule has 6 nitrogen and oxygen atoms in total. The Labute approximate surface area is 166 Å². The molecule has 2 N–H and O–H groups in total. The Bertz CT molecular complexity index is 990. The smallest absolute Gasteiger partial charge is 0.251 e. The second-order valence-corrected chi connectivity index (χ2v) is 6.78. The van der Waals surface area contributed by atoms with Crippen molar-refractivity contribution in [2.24, 2.45) is 0 Å². The van der Waals surface area contributed by atoms with E-state index in [9.17, 15) is 14.0 Å². The average Bonchev–Trinajstić information content (AvgIpc) is 3.15. The predicted octanol–water partition coefficient (Wildman–Crippen LogP) is 3.49. The lowest BCUT2D eigenvalue weighted by Gasteiger charge is -2.09. The van der Waals surface area contributed by atoms with Crippen molar-refractivity contribution >= 4 is 29.3 Å². The number of nitrogens with zero attached hydrogens (tertiary/aromatic N) is 2. The van der Waals surface area contributed by atoms with Gasteiger partial charge in [0.25, 0.3) is 5.91 Å². The Morgan fingerprint density at radius 2 is 2.00 bits per heavy atom. The molecular formula is C20H19FN4O2S. The van der Waals surface area contributed by atoms with Crippen molar-refractivity contribution in [1.29, 1.82) is 0 Å². The molecule has 0 saturated carbocycles. The van der Waals surface area contributed by atoms with Crippen LogP contribution in [0, 0.1) is 5.82 Å². The van der Waals surface area contributed by atoms with E-state index in [1.165, 1.54) is 23.9 Å². The van der Waals surface area contributed by atoms with Crippen molar-refractivity contribution < 1.29 is 14.0 Å². The van der Waals surface area contributed by atoms with Crippen LogP contribution in [0.25, 0.3) is 5.69 Å². The highest BCUT2D eigenvalue weighted by Crippen LogP contribution is 2.21. The third-order valence-electron chi connectivity index (χ3n) is 3.77. The molecule has 2 aromatic carbocycles. The third-order valence-corrected chi connectivity index (χ3v) is 4.74. The molecule has 8 heteroatoms. The monoisotopic (exact) mass is 398 g/mol. The molecule has 0 bridgehead atoms. The van der Waals surface area contributed by atoms with E-state index in [4.69, 9.17) is 0 Å². The van der Waals surface area contributed by atoms with Gasteiger partial charge in [0, 0.05) is 30.2 Å². The number of carbonyl (C=O) groups excluding carboxylic acids is 2. The lowest BCUT2D eigenvalue weighted by molar-refractivity contribution is -0.113. The SMILES string of the molecule is CCNC(=O)c1cccc(NC(=O)CSc2nccn2-c2cccc(F)c2)c1. The van der Waals surface area contributed by atoms with Gasteiger partial charge in [0.05, 0.1) is 11.4 Å². The van der Waals surface area contributed by atoms with Gasteiger partial charge in [-0.1, -0.05) is 23.9 Å². The number of hydrogen-bond donors (Lipinski definition) is 2. The topological polar surface area (TPSA) is 76.0 Å². The molecule has 144 valence electrons. The molecule has 0 atom stereocenters. The van der Waals surface area contributed by atoms with E-state index in [0.717, 1.165) is 0 Å². The number of halogens is 1. The molecule has 0 unspecified atom stereocenters. The Morgan fingerprint density at radius 3 is 2.79 bits per heavy atom. The third kappa shape index (κ3) is 4.98. The normalized spacial score (nSPS) is 10.5. The number of nitrogens with one attached hydrogen (secondary N) is 2. The van der Waals surface area contributed by atoms with E-state index in [0.29, 0.717) is 28.6 Å². The molecule has 0 spiro atoms. The van der Waals surface area contributed by atoms with E-state index in [1.54, 1.807) is 53.4 Å². The lowest BCUT2D eigenvalue weighted by Crippen LogP contribution is -2.23. The van der Waals surface area contributed by atoms with Crippen LogP contribution in [0.3, 0.4) is 0 Å². The first kappa shape index (κ1) is 19.6. The lowest BCUT2D eigenvalue weighted by atomic mass is 10.2. The second-order valence-electron chi connectivity index (χ2n) is 5.84. The van der Waals surface area contributed by atoms with Gasteiger partial charge in [0.2, 0.25) is 5.91 Å². The summed E-state index contributed by atoms with van der Waals surface area (Å²) in [7, 11) is 0. The van der Waals surface area contributed by atoms with Gasteiger partial charge in [-0.15, -0.1) is 0 Å². The van der Waals surface area contributed by atoms with Gasteiger partial charge >= 0.3 is 0 Å². The van der Waals surface area contributed by atoms with Gasteiger partial charge < -0.3 is 10.6 Å². The zero-order chi connectivity index (χ0) is 19.9. The standard InChI is InChI=1S/C20H19FN4O2S/c1-2-22-19(27)14-5-3-7-16(11-14)24-18(26)13-28-20-23-9-10-25(20)17-8-4-6-15(21)12-17/h3-12H,2,13H2,1H3,(H,22,27)(H,24,26). The van der Waals surface area contributed by atoms with Gasteiger partial charge in [-0.3, -0.25) is 14.2 Å². The van der Waals surface area contributed by atoms with Crippen molar-refractivity contribution in [1.82, 2.24) is 14.9 Å². The first-order valence-electron chi connectivity index (χ1n) is 8.67. The largest absolute Gasteiger partial charge is 0.352 e. The molecule has 0 aliphatic carbocycles. The summed E-state index contributed by atoms with van der Waals surface area (Å²) >= 11 is 1.24. The van der Waals surface area contributed by atoms with Crippen molar-refractivity contribution in [3.8, 4) is 5.69 Å². The molecule has 1 heterocycles. The number of benzene rings is 2. The molecule has 0 radical (unpaired) electrons. The number of carbonyl (C=O) groups is 2. The maximum Gasteiger partial charge on any atom is 0.251 e. The van der Waals surface area contributed by atoms with Crippen molar-refractivity contribution in [2.75, 3.05) is 17.6 Å². The Hall–Kier alpha value is -3.13. The van der Waals surface area contributed by atoms with Gasteiger partial charge in [-0.2, -0.15) is 0 Å². The fraction of sp³-hybridized carbons (Fsp3) is 0.150. The summed E-state index contributed by atoms with van der Waals surface area (Å²) in [5.74, 6) is -0.638. The molecule has 28 heavy (non-hydrogen) atoms. The summed E-state index contributed by atoms with van der Waals surface area (Å²) in [5, 5.41) is 6.07. The van der Waals surface area contributed by atoms with Crippen LogP contribution >= 0.6 is 11.8 Å². The van der Waals surface area contributed by atoms with Gasteiger partial charge in [-0.05, 0) is 43.3 Å². The van der Waals surface area contributed by atoms with Gasteiger partial charge in [0.15, 0.2) is 5.16 Å². The van der Waals surface area contributed by atoms with Crippen LogP contribution in [0.4, 0.5) is 10.1 Å². The molecule has 0 aliphatic heterocycles. The summed E-state index contributed by atoms with van der Waals surface area (Å²) in [5.41, 5.74) is 1.66. The number of imidazole rings is 1. The molecule has 0 saturated heterocycles. The number of thioether (sulfide) groups is 1. The van der Waals surface area contributed by atoms with Crippen molar-refractivity contribution in [3.63, 3.8) is 0 Å². The number of anilines is 1. The summed E-state index contributed by atoms with van der Waals surface area (Å²) in [6, 6.07) is 12.9. The highest BCUT2D eigenvalue weighted by atomic mass is 32.2. The maximum atomic E-state index is 13.5. The van der Waals surface area contributed by atoms with Gasteiger partial charge in [-0.25, -0.2) is 9.37 Å². The highest BCUT2D eigenvalue weighted by molar-refractivity contribution is 7.99. The van der Waals surface area contributed by atoms with Crippen LogP contribution in [-0.2, 0) is 4.79 Å². The fourth-order valence-electron chi connectivity index (χ4n) is 2.55. The zero-order valence-corrected chi connectivity index (χ0v) is 16.0. The van der Waals surface area contributed by atoms with Crippen LogP contribution in [0.15, 0.2) is 66.1 Å². The number of amides is 2. The molecule has 0 fully saturated rings. The number of rotatable bonds is 7. The molecular weight excluding hydrogens is 379 g/mol. The summed E-state index contributed by atoms with van der Waals surface area (Å²) in [4.78, 5) is 28.4. The first-order valence-corrected chi connectivity index (χ1v) is 9.65. The van der Waals surface area contributed by atoms with Gasteiger partial charge in [0.1, 0.15) is 5.82 Å². The van der Waals surface area contributed by atoms with Crippen molar-refractivity contribution in [2.45, 2.75) is 12.1 Å². The quantitative estimate of drug-likeness (QED) is 0.598.